The van der Waals surface area contributed by atoms with Crippen LogP contribution in [0.1, 0.15) is 12.5 Å². The van der Waals surface area contributed by atoms with Crippen molar-refractivity contribution in [1.82, 2.24) is 0 Å². The summed E-state index contributed by atoms with van der Waals surface area (Å²) in [6.07, 6.45) is -0.997. The third-order valence-corrected chi connectivity index (χ3v) is 3.45. The summed E-state index contributed by atoms with van der Waals surface area (Å²) in [5.74, 6) is -1.45. The fourth-order valence-electron chi connectivity index (χ4n) is 1.87. The number of carbonyl (C=O) groups is 2. The van der Waals surface area contributed by atoms with Crippen molar-refractivity contribution in [2.45, 2.75) is 19.4 Å². The van der Waals surface area contributed by atoms with Gasteiger partial charge >= 0.3 is 5.97 Å². The maximum Gasteiger partial charge on any atom is 0.311 e. The summed E-state index contributed by atoms with van der Waals surface area (Å²) in [6, 6.07) is 12.2. The Hall–Kier alpha value is -2.40. The lowest BCUT2D eigenvalue weighted by Gasteiger charge is -2.14. The first-order chi connectivity index (χ1) is 11.0. The number of anilines is 1. The van der Waals surface area contributed by atoms with Crippen molar-refractivity contribution >= 4 is 29.2 Å². The van der Waals surface area contributed by atoms with Gasteiger partial charge in [0.2, 0.25) is 0 Å². The van der Waals surface area contributed by atoms with Crippen molar-refractivity contribution < 1.29 is 18.7 Å². The summed E-state index contributed by atoms with van der Waals surface area (Å²) in [4.78, 5) is 23.8. The zero-order valence-electron chi connectivity index (χ0n) is 12.4. The molecule has 0 spiro atoms. The van der Waals surface area contributed by atoms with E-state index in [1.807, 2.05) is 0 Å². The molecule has 0 saturated carbocycles. The molecule has 0 fully saturated rings. The van der Waals surface area contributed by atoms with Gasteiger partial charge in [-0.25, -0.2) is 4.39 Å². The summed E-state index contributed by atoms with van der Waals surface area (Å²) < 4.78 is 17.9. The molecule has 2 aromatic carbocycles. The van der Waals surface area contributed by atoms with Gasteiger partial charge in [0.15, 0.2) is 6.10 Å². The van der Waals surface area contributed by atoms with Crippen molar-refractivity contribution in [1.29, 1.82) is 0 Å². The van der Waals surface area contributed by atoms with E-state index < -0.39 is 23.8 Å². The van der Waals surface area contributed by atoms with E-state index in [2.05, 4.69) is 5.32 Å². The molecule has 0 saturated heterocycles. The lowest BCUT2D eigenvalue weighted by atomic mass is 10.1. The highest BCUT2D eigenvalue weighted by atomic mass is 35.5. The molecule has 4 nitrogen and oxygen atoms in total. The number of amides is 1. The van der Waals surface area contributed by atoms with Crippen LogP contribution >= 0.6 is 11.6 Å². The van der Waals surface area contributed by atoms with Crippen molar-refractivity contribution in [2.24, 2.45) is 0 Å². The van der Waals surface area contributed by atoms with Crippen LogP contribution in [-0.2, 0) is 20.7 Å². The maximum atomic E-state index is 12.8. The van der Waals surface area contributed by atoms with Gasteiger partial charge in [-0.2, -0.15) is 0 Å². The second-order valence-electron chi connectivity index (χ2n) is 4.90. The second-order valence-corrected chi connectivity index (χ2v) is 5.30. The van der Waals surface area contributed by atoms with Gasteiger partial charge < -0.3 is 10.1 Å². The quantitative estimate of drug-likeness (QED) is 0.849. The Balaban J connectivity index is 1.89. The third-order valence-electron chi connectivity index (χ3n) is 3.08. The largest absolute Gasteiger partial charge is 0.452 e. The van der Waals surface area contributed by atoms with Gasteiger partial charge in [0.1, 0.15) is 5.82 Å². The summed E-state index contributed by atoms with van der Waals surface area (Å²) in [7, 11) is 0. The van der Waals surface area contributed by atoms with Crippen molar-refractivity contribution in [3.63, 3.8) is 0 Å². The first-order valence-electron chi connectivity index (χ1n) is 6.95. The Bertz CT molecular complexity index is 703. The normalized spacial score (nSPS) is 11.6. The van der Waals surface area contributed by atoms with Crippen LogP contribution in [0, 0.1) is 5.82 Å². The van der Waals surface area contributed by atoms with E-state index in [1.165, 1.54) is 31.2 Å². The topological polar surface area (TPSA) is 55.4 Å². The van der Waals surface area contributed by atoms with Crippen LogP contribution in [-0.4, -0.2) is 18.0 Å². The highest BCUT2D eigenvalue weighted by Gasteiger charge is 2.18. The molecule has 0 aliphatic rings. The average molecular weight is 336 g/mol. The van der Waals surface area contributed by atoms with Gasteiger partial charge in [-0.05, 0) is 42.8 Å². The van der Waals surface area contributed by atoms with Gasteiger partial charge in [-0.3, -0.25) is 9.59 Å². The summed E-state index contributed by atoms with van der Waals surface area (Å²) >= 11 is 5.97. The molecular weight excluding hydrogens is 321 g/mol. The molecule has 1 N–H and O–H groups in total. The minimum atomic E-state index is -0.977. The van der Waals surface area contributed by atoms with E-state index in [0.29, 0.717) is 16.3 Å². The number of hydrogen-bond acceptors (Lipinski definition) is 3. The number of carbonyl (C=O) groups excluding carboxylic acids is 2. The second kappa shape index (κ2) is 7.74. The molecule has 0 radical (unpaired) electrons. The van der Waals surface area contributed by atoms with Crippen LogP contribution in [0.15, 0.2) is 48.5 Å². The van der Waals surface area contributed by atoms with Crippen molar-refractivity contribution in [3.8, 4) is 0 Å². The first-order valence-corrected chi connectivity index (χ1v) is 7.33. The number of esters is 1. The van der Waals surface area contributed by atoms with Gasteiger partial charge in [-0.1, -0.05) is 29.8 Å². The third kappa shape index (κ3) is 5.07. The first kappa shape index (κ1) is 17.0. The Labute approximate surface area is 138 Å². The minimum absolute atomic E-state index is 0.0200. The van der Waals surface area contributed by atoms with E-state index >= 15 is 0 Å². The molecular formula is C17H15ClFNO3. The monoisotopic (exact) mass is 335 g/mol. The standard InChI is InChI=1S/C17H15ClFNO3/c1-11(17(22)20-14-8-6-13(19)7-9-14)23-16(21)10-12-4-2-3-5-15(12)18/h2-9,11H,10H2,1H3,(H,20,22)/t11-/m1/s1. The Morgan fingerprint density at radius 2 is 1.83 bits per heavy atom. The molecule has 0 unspecified atom stereocenters. The Morgan fingerprint density at radius 1 is 1.17 bits per heavy atom. The number of nitrogens with one attached hydrogen (secondary N) is 1. The number of ether oxygens (including phenoxy) is 1. The lowest BCUT2D eigenvalue weighted by molar-refractivity contribution is -0.152. The predicted octanol–water partition coefficient (Wildman–Crippen LogP) is 3.59. The van der Waals surface area contributed by atoms with E-state index in [-0.39, 0.29) is 6.42 Å². The van der Waals surface area contributed by atoms with E-state index in [9.17, 15) is 14.0 Å². The fraction of sp³-hybridized carbons (Fsp3) is 0.176. The molecule has 2 aromatic rings. The smallest absolute Gasteiger partial charge is 0.311 e. The van der Waals surface area contributed by atoms with Crippen LogP contribution < -0.4 is 5.32 Å². The molecule has 0 aliphatic carbocycles. The number of halogens is 2. The molecule has 0 bridgehead atoms. The predicted molar refractivity (Wildman–Crippen MR) is 85.7 cm³/mol. The van der Waals surface area contributed by atoms with Gasteiger partial charge in [0.05, 0.1) is 6.42 Å². The Kier molecular flexibility index (Phi) is 5.71. The van der Waals surface area contributed by atoms with Crippen LogP contribution in [0.5, 0.6) is 0 Å². The lowest BCUT2D eigenvalue weighted by Crippen LogP contribution is -2.30. The fourth-order valence-corrected chi connectivity index (χ4v) is 2.07. The molecule has 6 heteroatoms. The molecule has 0 aliphatic heterocycles. The van der Waals surface area contributed by atoms with Crippen LogP contribution in [0.2, 0.25) is 5.02 Å². The summed E-state index contributed by atoms with van der Waals surface area (Å²) in [5.41, 5.74) is 1.05. The zero-order chi connectivity index (χ0) is 16.8. The molecule has 120 valence electrons. The average Bonchev–Trinajstić information content (AvgIpc) is 2.51. The Morgan fingerprint density at radius 3 is 2.48 bits per heavy atom. The number of hydrogen-bond donors (Lipinski definition) is 1. The highest BCUT2D eigenvalue weighted by Crippen LogP contribution is 2.16. The molecule has 1 amide bonds. The summed E-state index contributed by atoms with van der Waals surface area (Å²) in [5, 5.41) is 3.01. The molecule has 2 rings (SSSR count). The van der Waals surface area contributed by atoms with E-state index in [1.54, 1.807) is 24.3 Å². The summed E-state index contributed by atoms with van der Waals surface area (Å²) in [6.45, 7) is 1.46. The van der Waals surface area contributed by atoms with Crippen LogP contribution in [0.4, 0.5) is 10.1 Å². The molecule has 23 heavy (non-hydrogen) atoms. The maximum absolute atomic E-state index is 12.8. The van der Waals surface area contributed by atoms with Crippen LogP contribution in [0.25, 0.3) is 0 Å². The van der Waals surface area contributed by atoms with Gasteiger partial charge in [-0.15, -0.1) is 0 Å². The van der Waals surface area contributed by atoms with Crippen LogP contribution in [0.3, 0.4) is 0 Å². The highest BCUT2D eigenvalue weighted by molar-refractivity contribution is 6.31. The molecule has 1 atom stereocenters. The number of rotatable bonds is 5. The zero-order valence-corrected chi connectivity index (χ0v) is 13.1. The number of benzene rings is 2. The van der Waals surface area contributed by atoms with E-state index in [4.69, 9.17) is 16.3 Å². The SMILES string of the molecule is C[C@@H](OC(=O)Cc1ccccc1Cl)C(=O)Nc1ccc(F)cc1. The van der Waals surface area contributed by atoms with Gasteiger partial charge in [0, 0.05) is 10.7 Å². The molecule has 0 heterocycles. The van der Waals surface area contributed by atoms with E-state index in [0.717, 1.165) is 0 Å². The van der Waals surface area contributed by atoms with Crippen molar-refractivity contribution in [3.05, 3.63) is 64.9 Å². The van der Waals surface area contributed by atoms with Crippen molar-refractivity contribution in [2.75, 3.05) is 5.32 Å². The van der Waals surface area contributed by atoms with Gasteiger partial charge in [0.25, 0.3) is 5.91 Å². The molecule has 0 aromatic heterocycles. The minimum Gasteiger partial charge on any atom is -0.452 e.